The third kappa shape index (κ3) is 15.5. The average Bonchev–Trinajstić information content (AvgIpc) is 2.82. The van der Waals surface area contributed by atoms with Crippen LogP contribution in [-0.2, 0) is 0 Å². The molecule has 2 fully saturated rings. The maximum absolute atomic E-state index is 2.96. The van der Waals surface area contributed by atoms with Gasteiger partial charge in [-0.15, -0.1) is 0 Å². The summed E-state index contributed by atoms with van der Waals surface area (Å²) < 4.78 is 0. The van der Waals surface area contributed by atoms with Crippen LogP contribution < -0.4 is 0 Å². The van der Waals surface area contributed by atoms with Crippen molar-refractivity contribution in [3.8, 4) is 0 Å². The molecule has 2 heteroatoms. The van der Waals surface area contributed by atoms with Crippen LogP contribution in [0.3, 0.4) is 0 Å². The maximum Gasteiger partial charge on any atom is 0.0223 e. The summed E-state index contributed by atoms with van der Waals surface area (Å²) in [6.45, 7) is 9.19. The van der Waals surface area contributed by atoms with E-state index in [0.717, 1.165) is 6.04 Å². The van der Waals surface area contributed by atoms with Crippen molar-refractivity contribution in [2.45, 2.75) is 167 Å². The summed E-state index contributed by atoms with van der Waals surface area (Å²) in [7, 11) is 0. The van der Waals surface area contributed by atoms with Crippen molar-refractivity contribution in [1.29, 1.82) is 0 Å². The highest BCUT2D eigenvalue weighted by molar-refractivity contribution is 4.77. The quantitative estimate of drug-likeness (QED) is 0.401. The van der Waals surface area contributed by atoms with Crippen molar-refractivity contribution in [2.24, 2.45) is 0 Å². The topological polar surface area (TPSA) is 6.48 Å². The van der Waals surface area contributed by atoms with E-state index in [2.05, 4.69) is 16.7 Å². The van der Waals surface area contributed by atoms with Crippen LogP contribution in [0.15, 0.2) is 0 Å². The lowest BCUT2D eigenvalue weighted by molar-refractivity contribution is 0.122. The lowest BCUT2D eigenvalue weighted by Crippen LogP contribution is -2.45. The zero-order valence-corrected chi connectivity index (χ0v) is 23.0. The standard InChI is InChI=1S/C31H62N2/c1-2-25-31(33-28-23-19-15-11-7-4-8-12-16-20-24-29-33)30-32-26-21-17-13-9-5-3-6-10-14-18-22-27-32/h31H,2-30H2,1H3. The first-order chi connectivity index (χ1) is 16.4. The third-order valence-corrected chi connectivity index (χ3v) is 8.45. The van der Waals surface area contributed by atoms with E-state index >= 15 is 0 Å². The summed E-state index contributed by atoms with van der Waals surface area (Å²) >= 11 is 0. The van der Waals surface area contributed by atoms with Gasteiger partial charge >= 0.3 is 0 Å². The molecule has 1 unspecified atom stereocenters. The number of nitrogens with zero attached hydrogens (tertiary/aromatic N) is 2. The Balaban J connectivity index is 1.90. The van der Waals surface area contributed by atoms with Gasteiger partial charge in [-0.2, -0.15) is 0 Å². The largest absolute Gasteiger partial charge is 0.302 e. The second-order valence-corrected chi connectivity index (χ2v) is 11.6. The Morgan fingerprint density at radius 1 is 0.424 bits per heavy atom. The predicted octanol–water partition coefficient (Wildman–Crippen LogP) is 9.37. The molecule has 2 rings (SSSR count). The van der Waals surface area contributed by atoms with E-state index < -0.39 is 0 Å². The van der Waals surface area contributed by atoms with E-state index in [1.54, 1.807) is 0 Å². The Hall–Kier alpha value is -0.0800. The van der Waals surface area contributed by atoms with Crippen LogP contribution in [0.1, 0.15) is 161 Å². The Labute approximate surface area is 209 Å². The molecule has 2 aliphatic heterocycles. The molecule has 0 N–H and O–H groups in total. The smallest absolute Gasteiger partial charge is 0.0223 e. The molecule has 196 valence electrons. The minimum absolute atomic E-state index is 0.793. The third-order valence-electron chi connectivity index (χ3n) is 8.45. The van der Waals surface area contributed by atoms with Crippen LogP contribution in [0.4, 0.5) is 0 Å². The van der Waals surface area contributed by atoms with Gasteiger partial charge in [0.05, 0.1) is 0 Å². The average molecular weight is 463 g/mol. The molecule has 1 atom stereocenters. The molecule has 0 amide bonds. The van der Waals surface area contributed by atoms with E-state index in [4.69, 9.17) is 0 Å². The van der Waals surface area contributed by atoms with Gasteiger partial charge in [0.15, 0.2) is 0 Å². The van der Waals surface area contributed by atoms with Gasteiger partial charge in [-0.1, -0.05) is 129 Å². The van der Waals surface area contributed by atoms with E-state index in [1.807, 2.05) is 0 Å². The van der Waals surface area contributed by atoms with Crippen molar-refractivity contribution < 1.29 is 0 Å². The molecule has 2 aliphatic rings. The highest BCUT2D eigenvalue weighted by atomic mass is 15.2. The first-order valence-electron chi connectivity index (χ1n) is 15.9. The van der Waals surface area contributed by atoms with Crippen molar-refractivity contribution in [1.82, 2.24) is 9.80 Å². The summed E-state index contributed by atoms with van der Waals surface area (Å²) in [5.74, 6) is 0. The number of hydrogen-bond acceptors (Lipinski definition) is 2. The van der Waals surface area contributed by atoms with Gasteiger partial charge in [-0.25, -0.2) is 0 Å². The highest BCUT2D eigenvalue weighted by Crippen LogP contribution is 2.19. The molecule has 0 spiro atoms. The van der Waals surface area contributed by atoms with Crippen LogP contribution in [0.25, 0.3) is 0 Å². The molecule has 33 heavy (non-hydrogen) atoms. The fraction of sp³-hybridized carbons (Fsp3) is 1.00. The Bertz CT molecular complexity index is 382. The van der Waals surface area contributed by atoms with Crippen LogP contribution in [0.5, 0.6) is 0 Å². The van der Waals surface area contributed by atoms with Gasteiger partial charge in [0.25, 0.3) is 0 Å². The maximum atomic E-state index is 2.96. The minimum Gasteiger partial charge on any atom is -0.302 e. The van der Waals surface area contributed by atoms with Crippen LogP contribution >= 0.6 is 0 Å². The SMILES string of the molecule is CCCC(CN1CCCCCCCCCCCCC1)N1CCCCCCCCCCCCC1. The molecule has 0 bridgehead atoms. The van der Waals surface area contributed by atoms with E-state index in [-0.39, 0.29) is 0 Å². The zero-order valence-electron chi connectivity index (χ0n) is 23.0. The molecule has 0 aromatic heterocycles. The van der Waals surface area contributed by atoms with E-state index in [0.29, 0.717) is 0 Å². The summed E-state index contributed by atoms with van der Waals surface area (Å²) in [6, 6.07) is 0.793. The molecule has 0 radical (unpaired) electrons. The Morgan fingerprint density at radius 3 is 1.06 bits per heavy atom. The van der Waals surface area contributed by atoms with Gasteiger partial charge in [0.2, 0.25) is 0 Å². The normalized spacial score (nSPS) is 25.0. The van der Waals surface area contributed by atoms with Crippen molar-refractivity contribution >= 4 is 0 Å². The molecule has 0 aromatic rings. The van der Waals surface area contributed by atoms with Gasteiger partial charge in [-0.05, 0) is 58.3 Å². The monoisotopic (exact) mass is 462 g/mol. The first kappa shape index (κ1) is 29.2. The van der Waals surface area contributed by atoms with Crippen LogP contribution in [-0.4, -0.2) is 48.6 Å². The van der Waals surface area contributed by atoms with E-state index in [1.165, 1.54) is 187 Å². The number of hydrogen-bond donors (Lipinski definition) is 0. The predicted molar refractivity (Wildman–Crippen MR) is 148 cm³/mol. The van der Waals surface area contributed by atoms with Gasteiger partial charge in [-0.3, -0.25) is 4.90 Å². The van der Waals surface area contributed by atoms with Crippen LogP contribution in [0.2, 0.25) is 0 Å². The summed E-state index contributed by atoms with van der Waals surface area (Å²) in [5, 5.41) is 0. The second-order valence-electron chi connectivity index (χ2n) is 11.6. The first-order valence-corrected chi connectivity index (χ1v) is 15.9. The lowest BCUT2D eigenvalue weighted by Gasteiger charge is -2.36. The molecule has 0 aliphatic carbocycles. The highest BCUT2D eigenvalue weighted by Gasteiger charge is 2.20. The zero-order chi connectivity index (χ0) is 23.2. The second kappa shape index (κ2) is 21.2. The van der Waals surface area contributed by atoms with Crippen molar-refractivity contribution in [3.05, 3.63) is 0 Å². The van der Waals surface area contributed by atoms with Gasteiger partial charge < -0.3 is 4.90 Å². The van der Waals surface area contributed by atoms with Gasteiger partial charge in [0, 0.05) is 12.6 Å². The molecule has 2 saturated heterocycles. The molecular formula is C31H62N2. The fourth-order valence-corrected chi connectivity index (χ4v) is 6.27. The molecule has 0 aromatic carbocycles. The molecule has 2 heterocycles. The number of rotatable bonds is 5. The van der Waals surface area contributed by atoms with Gasteiger partial charge in [0.1, 0.15) is 0 Å². The molecular weight excluding hydrogens is 400 g/mol. The Morgan fingerprint density at radius 2 is 0.727 bits per heavy atom. The summed E-state index contributed by atoms with van der Waals surface area (Å²) in [6.07, 6.45) is 35.0. The summed E-state index contributed by atoms with van der Waals surface area (Å²) in [4.78, 5) is 5.86. The van der Waals surface area contributed by atoms with Crippen molar-refractivity contribution in [2.75, 3.05) is 32.7 Å². The van der Waals surface area contributed by atoms with Crippen LogP contribution in [0, 0.1) is 0 Å². The molecule has 2 nitrogen and oxygen atoms in total. The Kier molecular flexibility index (Phi) is 18.7. The minimum atomic E-state index is 0.793. The lowest BCUT2D eigenvalue weighted by atomic mass is 10.0. The summed E-state index contributed by atoms with van der Waals surface area (Å²) in [5.41, 5.74) is 0. The van der Waals surface area contributed by atoms with E-state index in [9.17, 15) is 0 Å². The molecule has 0 saturated carbocycles. The fourth-order valence-electron chi connectivity index (χ4n) is 6.27. The van der Waals surface area contributed by atoms with Crippen molar-refractivity contribution in [3.63, 3.8) is 0 Å².